The number of hydrogen-bond donors (Lipinski definition) is 2. The van der Waals surface area contributed by atoms with Gasteiger partial charge in [-0.25, -0.2) is 13.4 Å². The van der Waals surface area contributed by atoms with Gasteiger partial charge >= 0.3 is 0 Å². The Morgan fingerprint density at radius 3 is 2.85 bits per heavy atom. The summed E-state index contributed by atoms with van der Waals surface area (Å²) in [6.07, 6.45) is 2.76. The molecule has 0 amide bonds. The molecule has 0 atom stereocenters. The van der Waals surface area contributed by atoms with Crippen LogP contribution in [0.15, 0.2) is 35.4 Å². The van der Waals surface area contributed by atoms with Gasteiger partial charge < -0.3 is 10.2 Å². The molecule has 0 bridgehead atoms. The average Bonchev–Trinajstić information content (AvgIpc) is 2.74. The monoisotopic (exact) mass is 291 g/mol. The molecule has 0 unspecified atom stereocenters. The molecule has 0 radical (unpaired) electrons. The fourth-order valence-electron chi connectivity index (χ4n) is 2.64. The lowest BCUT2D eigenvalue weighted by Crippen LogP contribution is -2.28. The van der Waals surface area contributed by atoms with E-state index in [2.05, 4.69) is 15.2 Å². The van der Waals surface area contributed by atoms with Crippen molar-refractivity contribution >= 4 is 27.3 Å². The first kappa shape index (κ1) is 13.3. The molecule has 3 rings (SSSR count). The minimum absolute atomic E-state index is 0.370. The van der Waals surface area contributed by atoms with Crippen LogP contribution in [0.2, 0.25) is 0 Å². The number of fused-ring (bicyclic) bond motifs is 1. The number of hydrogen-bond acceptors (Lipinski definition) is 5. The van der Waals surface area contributed by atoms with Crippen molar-refractivity contribution in [1.82, 2.24) is 10.3 Å². The zero-order chi connectivity index (χ0) is 13.9. The highest BCUT2D eigenvalue weighted by atomic mass is 32.2. The Kier molecular flexibility index (Phi) is 3.84. The van der Waals surface area contributed by atoms with Crippen molar-refractivity contribution in [2.75, 3.05) is 31.1 Å². The highest BCUT2D eigenvalue weighted by Crippen LogP contribution is 2.27. The van der Waals surface area contributed by atoms with E-state index in [1.165, 1.54) is 0 Å². The normalized spacial score (nSPS) is 16.6. The van der Waals surface area contributed by atoms with Crippen LogP contribution in [0.4, 0.5) is 5.82 Å². The van der Waals surface area contributed by atoms with E-state index in [4.69, 9.17) is 0 Å². The van der Waals surface area contributed by atoms with Gasteiger partial charge in [-0.05, 0) is 25.1 Å². The molecule has 0 aliphatic carbocycles. The third-order valence-electron chi connectivity index (χ3n) is 3.60. The molecule has 20 heavy (non-hydrogen) atoms. The molecule has 106 valence electrons. The number of anilines is 1. The van der Waals surface area contributed by atoms with Crippen LogP contribution in [0.5, 0.6) is 0 Å². The number of aromatic nitrogens is 1. The molecule has 1 aliphatic heterocycles. The van der Waals surface area contributed by atoms with Gasteiger partial charge in [-0.2, -0.15) is 0 Å². The Balaban J connectivity index is 2.14. The smallest absolute Gasteiger partial charge is 0.168 e. The topological polar surface area (TPSA) is 62.3 Å². The Bertz CT molecular complexity index is 684. The van der Waals surface area contributed by atoms with Crippen LogP contribution in [-0.4, -0.2) is 39.6 Å². The predicted octanol–water partition coefficient (Wildman–Crippen LogP) is 1.00. The molecule has 2 heterocycles. The SMILES string of the molecule is O=[SH](=O)c1cccc2c(N3CCCNCC3)nccc12. The van der Waals surface area contributed by atoms with Gasteiger partial charge in [0.05, 0.1) is 4.90 Å². The van der Waals surface area contributed by atoms with Crippen LogP contribution in [0.3, 0.4) is 0 Å². The fraction of sp³-hybridized carbons (Fsp3) is 0.357. The van der Waals surface area contributed by atoms with Crippen molar-refractivity contribution in [2.45, 2.75) is 11.3 Å². The Morgan fingerprint density at radius 1 is 1.10 bits per heavy atom. The van der Waals surface area contributed by atoms with Gasteiger partial charge in [0, 0.05) is 36.6 Å². The van der Waals surface area contributed by atoms with E-state index in [9.17, 15) is 8.42 Å². The van der Waals surface area contributed by atoms with Crippen LogP contribution in [-0.2, 0) is 10.7 Å². The highest BCUT2D eigenvalue weighted by Gasteiger charge is 2.15. The lowest BCUT2D eigenvalue weighted by molar-refractivity contribution is 0.615. The number of rotatable bonds is 2. The molecule has 0 saturated carbocycles. The van der Waals surface area contributed by atoms with Crippen LogP contribution < -0.4 is 10.2 Å². The van der Waals surface area contributed by atoms with Gasteiger partial charge in [-0.1, -0.05) is 12.1 Å². The Hall–Kier alpha value is -1.66. The van der Waals surface area contributed by atoms with Crippen molar-refractivity contribution in [3.05, 3.63) is 30.5 Å². The summed E-state index contributed by atoms with van der Waals surface area (Å²) in [5.74, 6) is 0.880. The molecular weight excluding hydrogens is 274 g/mol. The zero-order valence-electron chi connectivity index (χ0n) is 11.1. The maximum absolute atomic E-state index is 11.4. The quantitative estimate of drug-likeness (QED) is 0.809. The summed E-state index contributed by atoms with van der Waals surface area (Å²) in [5.41, 5.74) is 0. The lowest BCUT2D eigenvalue weighted by atomic mass is 10.1. The highest BCUT2D eigenvalue weighted by molar-refractivity contribution is 7.72. The third-order valence-corrected chi connectivity index (χ3v) is 4.38. The van der Waals surface area contributed by atoms with Gasteiger partial charge in [0.2, 0.25) is 0 Å². The first-order chi connectivity index (χ1) is 9.77. The summed E-state index contributed by atoms with van der Waals surface area (Å²) in [7, 11) is -2.59. The summed E-state index contributed by atoms with van der Waals surface area (Å²) in [6.45, 7) is 3.76. The number of nitrogens with zero attached hydrogens (tertiary/aromatic N) is 2. The predicted molar refractivity (Wildman–Crippen MR) is 80.0 cm³/mol. The zero-order valence-corrected chi connectivity index (χ0v) is 12.0. The van der Waals surface area contributed by atoms with Crippen LogP contribution in [0.1, 0.15) is 6.42 Å². The van der Waals surface area contributed by atoms with Crippen molar-refractivity contribution in [3.8, 4) is 0 Å². The first-order valence-corrected chi connectivity index (χ1v) is 7.93. The second-order valence-electron chi connectivity index (χ2n) is 4.85. The van der Waals surface area contributed by atoms with Gasteiger partial charge in [-0.15, -0.1) is 0 Å². The van der Waals surface area contributed by atoms with E-state index in [0.29, 0.717) is 4.90 Å². The number of pyridine rings is 1. The van der Waals surface area contributed by atoms with E-state index in [1.54, 1.807) is 24.4 Å². The first-order valence-electron chi connectivity index (χ1n) is 6.75. The van der Waals surface area contributed by atoms with Crippen molar-refractivity contribution in [2.24, 2.45) is 0 Å². The number of benzene rings is 1. The molecule has 2 aromatic rings. The fourth-order valence-corrected chi connectivity index (χ4v) is 3.24. The molecule has 1 N–H and O–H groups in total. The van der Waals surface area contributed by atoms with Crippen LogP contribution in [0.25, 0.3) is 10.8 Å². The summed E-state index contributed by atoms with van der Waals surface area (Å²) in [5, 5.41) is 5.02. The molecule has 5 nitrogen and oxygen atoms in total. The van der Waals surface area contributed by atoms with Gasteiger partial charge in [0.25, 0.3) is 0 Å². The molecule has 1 saturated heterocycles. The summed E-state index contributed by atoms with van der Waals surface area (Å²) < 4.78 is 22.7. The summed E-state index contributed by atoms with van der Waals surface area (Å²) >= 11 is 0. The van der Waals surface area contributed by atoms with E-state index < -0.39 is 10.7 Å². The van der Waals surface area contributed by atoms with E-state index in [-0.39, 0.29) is 0 Å². The average molecular weight is 291 g/mol. The molecule has 1 aromatic heterocycles. The molecule has 1 aliphatic rings. The van der Waals surface area contributed by atoms with Crippen molar-refractivity contribution < 1.29 is 8.42 Å². The minimum Gasteiger partial charge on any atom is -0.355 e. The maximum Gasteiger partial charge on any atom is 0.168 e. The van der Waals surface area contributed by atoms with Crippen LogP contribution >= 0.6 is 0 Å². The molecule has 6 heteroatoms. The van der Waals surface area contributed by atoms with Gasteiger partial charge in [0.15, 0.2) is 10.7 Å². The van der Waals surface area contributed by atoms with E-state index >= 15 is 0 Å². The van der Waals surface area contributed by atoms with Crippen molar-refractivity contribution in [1.29, 1.82) is 0 Å². The second kappa shape index (κ2) is 5.76. The standard InChI is InChI=1S/C14H17N3O2S/c18-20(19)13-4-1-3-12-11(13)5-7-16-14(12)17-9-2-6-15-8-10-17/h1,3-5,7,15,20H,2,6,8-10H2. The molecule has 1 fully saturated rings. The Morgan fingerprint density at radius 2 is 2.00 bits per heavy atom. The maximum atomic E-state index is 11.4. The summed E-state index contributed by atoms with van der Waals surface area (Å²) in [6, 6.07) is 7.14. The van der Waals surface area contributed by atoms with Crippen molar-refractivity contribution in [3.63, 3.8) is 0 Å². The second-order valence-corrected chi connectivity index (χ2v) is 5.85. The van der Waals surface area contributed by atoms with Gasteiger partial charge in [0.1, 0.15) is 5.82 Å². The molecule has 0 spiro atoms. The molecule has 1 aromatic carbocycles. The van der Waals surface area contributed by atoms with E-state index in [0.717, 1.165) is 49.2 Å². The number of thiol groups is 1. The Labute approximate surface area is 119 Å². The number of nitrogens with one attached hydrogen (secondary N) is 1. The van der Waals surface area contributed by atoms with E-state index in [1.807, 2.05) is 6.07 Å². The third kappa shape index (κ3) is 2.48. The minimum atomic E-state index is -2.59. The van der Waals surface area contributed by atoms with Crippen LogP contribution in [0, 0.1) is 0 Å². The van der Waals surface area contributed by atoms with Gasteiger partial charge in [-0.3, -0.25) is 0 Å². The largest absolute Gasteiger partial charge is 0.355 e. The lowest BCUT2D eigenvalue weighted by Gasteiger charge is -2.22. The summed E-state index contributed by atoms with van der Waals surface area (Å²) in [4.78, 5) is 7.07. The molecular formula is C14H17N3O2S.